The van der Waals surface area contributed by atoms with Gasteiger partial charge in [0, 0.05) is 11.8 Å². The number of aromatic nitrogens is 3. The van der Waals surface area contributed by atoms with E-state index in [4.69, 9.17) is 4.74 Å². The van der Waals surface area contributed by atoms with Crippen LogP contribution in [0.3, 0.4) is 0 Å². The number of ether oxygens (including phenoxy) is 1. The summed E-state index contributed by atoms with van der Waals surface area (Å²) in [6.07, 6.45) is 3.86. The van der Waals surface area contributed by atoms with E-state index in [1.54, 1.807) is 6.20 Å². The molecule has 2 aromatic carbocycles. The van der Waals surface area contributed by atoms with Crippen molar-refractivity contribution in [3.63, 3.8) is 0 Å². The highest BCUT2D eigenvalue weighted by atomic mass is 16.5. The van der Waals surface area contributed by atoms with Crippen LogP contribution in [0.5, 0.6) is 5.75 Å². The molecule has 0 radical (unpaired) electrons. The summed E-state index contributed by atoms with van der Waals surface area (Å²) in [7, 11) is 0. The van der Waals surface area contributed by atoms with E-state index in [1.807, 2.05) is 49.4 Å². The number of hydrogen-bond acceptors (Lipinski definition) is 3. The second-order valence-electron chi connectivity index (χ2n) is 5.06. The second kappa shape index (κ2) is 5.15. The van der Waals surface area contributed by atoms with Crippen molar-refractivity contribution in [2.45, 2.75) is 6.92 Å². The van der Waals surface area contributed by atoms with Crippen LogP contribution < -0.4 is 4.74 Å². The largest absolute Gasteiger partial charge is 0.494 e. The van der Waals surface area contributed by atoms with Crippen LogP contribution in [-0.4, -0.2) is 21.0 Å². The summed E-state index contributed by atoms with van der Waals surface area (Å²) in [5, 5.41) is 0. The van der Waals surface area contributed by atoms with Crippen molar-refractivity contribution in [3.05, 3.63) is 60.9 Å². The Bertz CT molecular complexity index is 942. The van der Waals surface area contributed by atoms with Crippen molar-refractivity contribution >= 4 is 16.7 Å². The van der Waals surface area contributed by atoms with Crippen LogP contribution in [0.1, 0.15) is 6.92 Å². The molecule has 0 spiro atoms. The Balaban J connectivity index is 1.83. The summed E-state index contributed by atoms with van der Waals surface area (Å²) in [6, 6.07) is 16.1. The van der Waals surface area contributed by atoms with Crippen molar-refractivity contribution in [1.29, 1.82) is 0 Å². The normalized spacial score (nSPS) is 11.1. The van der Waals surface area contributed by atoms with Gasteiger partial charge in [0.15, 0.2) is 5.65 Å². The van der Waals surface area contributed by atoms with E-state index in [-0.39, 0.29) is 0 Å². The first-order valence-corrected chi connectivity index (χ1v) is 7.31. The van der Waals surface area contributed by atoms with Crippen LogP contribution >= 0.6 is 0 Å². The molecule has 0 N–H and O–H groups in total. The molecular weight excluding hydrogens is 274 g/mol. The topological polar surface area (TPSA) is 39.4 Å². The Morgan fingerprint density at radius 1 is 1.05 bits per heavy atom. The highest BCUT2D eigenvalue weighted by Crippen LogP contribution is 2.24. The maximum absolute atomic E-state index is 5.48. The van der Waals surface area contributed by atoms with Crippen molar-refractivity contribution in [2.75, 3.05) is 6.61 Å². The Morgan fingerprint density at radius 2 is 1.86 bits per heavy atom. The molecule has 0 fully saturated rings. The third-order valence-corrected chi connectivity index (χ3v) is 3.65. The van der Waals surface area contributed by atoms with E-state index in [0.29, 0.717) is 6.61 Å². The molecule has 0 bridgehead atoms. The maximum atomic E-state index is 5.48. The molecule has 0 atom stereocenters. The molecule has 0 aliphatic rings. The monoisotopic (exact) mass is 289 g/mol. The maximum Gasteiger partial charge on any atom is 0.156 e. The molecule has 0 saturated heterocycles. The van der Waals surface area contributed by atoms with Gasteiger partial charge in [0.1, 0.15) is 5.75 Å². The minimum absolute atomic E-state index is 0.672. The molecule has 4 aromatic rings. The molecule has 0 amide bonds. The Hall–Kier alpha value is -2.88. The minimum Gasteiger partial charge on any atom is -0.494 e. The van der Waals surface area contributed by atoms with E-state index < -0.39 is 0 Å². The average molecular weight is 289 g/mol. The fourth-order valence-electron chi connectivity index (χ4n) is 2.61. The number of imidazole rings is 1. The Morgan fingerprint density at radius 3 is 2.68 bits per heavy atom. The van der Waals surface area contributed by atoms with Crippen molar-refractivity contribution in [3.8, 4) is 17.0 Å². The van der Waals surface area contributed by atoms with Crippen LogP contribution in [0.2, 0.25) is 0 Å². The first kappa shape index (κ1) is 12.8. The molecule has 4 heteroatoms. The van der Waals surface area contributed by atoms with Crippen molar-refractivity contribution in [1.82, 2.24) is 14.4 Å². The highest BCUT2D eigenvalue weighted by molar-refractivity contribution is 5.78. The third-order valence-electron chi connectivity index (χ3n) is 3.65. The molecule has 108 valence electrons. The zero-order valence-electron chi connectivity index (χ0n) is 12.2. The van der Waals surface area contributed by atoms with Crippen molar-refractivity contribution in [2.24, 2.45) is 0 Å². The van der Waals surface area contributed by atoms with Crippen LogP contribution in [0.25, 0.3) is 27.9 Å². The summed E-state index contributed by atoms with van der Waals surface area (Å²) >= 11 is 0. The lowest BCUT2D eigenvalue weighted by atomic mass is 10.2. The standard InChI is InChI=1S/C18H15N3O/c1-2-22-14-9-7-13(8-10-14)16-12-21-17-6-4-3-5-15(17)19-11-18(21)20-16/h3-12H,2H2,1H3. The molecular formula is C18H15N3O. The molecule has 4 rings (SSSR count). The lowest BCUT2D eigenvalue weighted by Gasteiger charge is -2.02. The zero-order valence-corrected chi connectivity index (χ0v) is 12.2. The molecule has 22 heavy (non-hydrogen) atoms. The average Bonchev–Trinajstić information content (AvgIpc) is 3.00. The van der Waals surface area contributed by atoms with Gasteiger partial charge in [0.2, 0.25) is 0 Å². The summed E-state index contributed by atoms with van der Waals surface area (Å²) in [5.41, 5.74) is 4.87. The number of hydrogen-bond donors (Lipinski definition) is 0. The number of fused-ring (bicyclic) bond motifs is 3. The lowest BCUT2D eigenvalue weighted by molar-refractivity contribution is 0.340. The van der Waals surface area contributed by atoms with E-state index in [9.17, 15) is 0 Å². The van der Waals surface area contributed by atoms with Gasteiger partial charge in [-0.1, -0.05) is 12.1 Å². The van der Waals surface area contributed by atoms with Gasteiger partial charge in [-0.05, 0) is 43.3 Å². The van der Waals surface area contributed by atoms with E-state index in [0.717, 1.165) is 33.7 Å². The number of para-hydroxylation sites is 2. The highest BCUT2D eigenvalue weighted by Gasteiger charge is 2.07. The minimum atomic E-state index is 0.672. The predicted octanol–water partition coefficient (Wildman–Crippen LogP) is 3.95. The molecule has 4 nitrogen and oxygen atoms in total. The molecule has 0 aliphatic heterocycles. The smallest absolute Gasteiger partial charge is 0.156 e. The number of rotatable bonds is 3. The first-order chi connectivity index (χ1) is 10.8. The van der Waals surface area contributed by atoms with Crippen molar-refractivity contribution < 1.29 is 4.74 Å². The first-order valence-electron chi connectivity index (χ1n) is 7.31. The quantitative estimate of drug-likeness (QED) is 0.573. The van der Waals surface area contributed by atoms with Gasteiger partial charge in [-0.2, -0.15) is 0 Å². The summed E-state index contributed by atoms with van der Waals surface area (Å²) < 4.78 is 7.56. The van der Waals surface area contributed by atoms with Crippen LogP contribution in [0.15, 0.2) is 60.9 Å². The Labute approximate surface area is 128 Å². The molecule has 2 heterocycles. The van der Waals surface area contributed by atoms with Gasteiger partial charge in [-0.3, -0.25) is 9.38 Å². The fraction of sp³-hybridized carbons (Fsp3) is 0.111. The molecule has 0 unspecified atom stereocenters. The molecule has 0 aliphatic carbocycles. The van der Waals surface area contributed by atoms with Gasteiger partial charge in [0.25, 0.3) is 0 Å². The second-order valence-corrected chi connectivity index (χ2v) is 5.06. The fourth-order valence-corrected chi connectivity index (χ4v) is 2.61. The van der Waals surface area contributed by atoms with E-state index >= 15 is 0 Å². The van der Waals surface area contributed by atoms with Gasteiger partial charge in [-0.15, -0.1) is 0 Å². The molecule has 2 aromatic heterocycles. The van der Waals surface area contributed by atoms with Crippen LogP contribution in [0.4, 0.5) is 0 Å². The lowest BCUT2D eigenvalue weighted by Crippen LogP contribution is -1.90. The summed E-state index contributed by atoms with van der Waals surface area (Å²) in [4.78, 5) is 9.12. The number of benzene rings is 2. The van der Waals surface area contributed by atoms with Gasteiger partial charge in [-0.25, -0.2) is 4.98 Å². The van der Waals surface area contributed by atoms with Crippen LogP contribution in [0, 0.1) is 0 Å². The van der Waals surface area contributed by atoms with E-state index in [1.165, 1.54) is 0 Å². The van der Waals surface area contributed by atoms with Gasteiger partial charge >= 0.3 is 0 Å². The summed E-state index contributed by atoms with van der Waals surface area (Å²) in [5.74, 6) is 0.877. The zero-order chi connectivity index (χ0) is 14.9. The number of nitrogens with zero attached hydrogens (tertiary/aromatic N) is 3. The SMILES string of the molecule is CCOc1ccc(-c2cn3c(cnc4ccccc43)n2)cc1. The molecule has 0 saturated carbocycles. The van der Waals surface area contributed by atoms with Gasteiger partial charge in [0.05, 0.1) is 29.5 Å². The van der Waals surface area contributed by atoms with Crippen LogP contribution in [-0.2, 0) is 0 Å². The third kappa shape index (κ3) is 2.09. The van der Waals surface area contributed by atoms with Gasteiger partial charge < -0.3 is 4.74 Å². The summed E-state index contributed by atoms with van der Waals surface area (Å²) in [6.45, 7) is 2.65. The van der Waals surface area contributed by atoms with E-state index in [2.05, 4.69) is 26.6 Å². The predicted molar refractivity (Wildman–Crippen MR) is 87.1 cm³/mol. The Kier molecular flexibility index (Phi) is 3.00.